The van der Waals surface area contributed by atoms with Gasteiger partial charge >= 0.3 is 0 Å². The SMILES string of the molecule is Cc1cc(N)ccc1S(=O)Cc1cc(F)ccc1F. The molecule has 2 aromatic rings. The number of rotatable bonds is 3. The van der Waals surface area contributed by atoms with Crippen molar-refractivity contribution in [3.63, 3.8) is 0 Å². The van der Waals surface area contributed by atoms with Crippen LogP contribution < -0.4 is 5.73 Å². The van der Waals surface area contributed by atoms with Gasteiger partial charge in [0, 0.05) is 16.1 Å². The fourth-order valence-electron chi connectivity index (χ4n) is 1.80. The third-order valence-electron chi connectivity index (χ3n) is 2.74. The predicted octanol–water partition coefficient (Wildman–Crippen LogP) is 3.16. The monoisotopic (exact) mass is 281 g/mol. The van der Waals surface area contributed by atoms with Crippen molar-refractivity contribution >= 4 is 16.5 Å². The highest BCUT2D eigenvalue weighted by Crippen LogP contribution is 2.20. The summed E-state index contributed by atoms with van der Waals surface area (Å²) in [6, 6.07) is 8.14. The van der Waals surface area contributed by atoms with Gasteiger partial charge in [-0.25, -0.2) is 8.78 Å². The van der Waals surface area contributed by atoms with Crippen molar-refractivity contribution in [2.75, 3.05) is 5.73 Å². The summed E-state index contributed by atoms with van der Waals surface area (Å²) in [4.78, 5) is 0.581. The normalized spacial score (nSPS) is 12.4. The van der Waals surface area contributed by atoms with Crippen LogP contribution in [-0.2, 0) is 16.6 Å². The van der Waals surface area contributed by atoms with Crippen LogP contribution in [0.5, 0.6) is 0 Å². The molecule has 5 heteroatoms. The van der Waals surface area contributed by atoms with Crippen molar-refractivity contribution in [3.05, 3.63) is 59.2 Å². The Bertz CT molecular complexity index is 643. The molecule has 100 valence electrons. The molecule has 2 aromatic carbocycles. The van der Waals surface area contributed by atoms with Crippen LogP contribution in [0, 0.1) is 18.6 Å². The van der Waals surface area contributed by atoms with Crippen LogP contribution in [-0.4, -0.2) is 4.21 Å². The average molecular weight is 281 g/mol. The summed E-state index contributed by atoms with van der Waals surface area (Å²) < 4.78 is 38.7. The number of nitrogens with two attached hydrogens (primary N) is 1. The van der Waals surface area contributed by atoms with Crippen LogP contribution in [0.2, 0.25) is 0 Å². The zero-order valence-electron chi connectivity index (χ0n) is 10.3. The zero-order valence-corrected chi connectivity index (χ0v) is 11.1. The molecule has 0 amide bonds. The Balaban J connectivity index is 2.28. The Kier molecular flexibility index (Phi) is 3.95. The van der Waals surface area contributed by atoms with Crippen molar-refractivity contribution in [1.82, 2.24) is 0 Å². The molecule has 0 aliphatic heterocycles. The van der Waals surface area contributed by atoms with Crippen molar-refractivity contribution in [3.8, 4) is 0 Å². The fourth-order valence-corrected chi connectivity index (χ4v) is 3.10. The number of hydrogen-bond acceptors (Lipinski definition) is 2. The molecule has 1 unspecified atom stereocenters. The van der Waals surface area contributed by atoms with Crippen LogP contribution in [0.4, 0.5) is 14.5 Å². The van der Waals surface area contributed by atoms with E-state index in [2.05, 4.69) is 0 Å². The van der Waals surface area contributed by atoms with E-state index < -0.39 is 22.4 Å². The quantitative estimate of drug-likeness (QED) is 0.878. The molecule has 0 saturated carbocycles. The molecular formula is C14H13F2NOS. The number of benzene rings is 2. The van der Waals surface area contributed by atoms with Gasteiger partial charge in [-0.15, -0.1) is 0 Å². The summed E-state index contributed by atoms with van der Waals surface area (Å²) in [5, 5.41) is 0. The van der Waals surface area contributed by atoms with Crippen LogP contribution in [0.25, 0.3) is 0 Å². The summed E-state index contributed by atoms with van der Waals surface area (Å²) in [5.41, 5.74) is 7.07. The minimum atomic E-state index is -1.44. The van der Waals surface area contributed by atoms with Crippen LogP contribution in [0.3, 0.4) is 0 Å². The molecule has 0 bridgehead atoms. The zero-order chi connectivity index (χ0) is 14.0. The molecule has 0 saturated heterocycles. The first-order chi connectivity index (χ1) is 8.97. The molecule has 0 radical (unpaired) electrons. The molecule has 2 nitrogen and oxygen atoms in total. The highest BCUT2D eigenvalue weighted by atomic mass is 32.2. The Hall–Kier alpha value is -1.75. The highest BCUT2D eigenvalue weighted by Gasteiger charge is 2.12. The van der Waals surface area contributed by atoms with Gasteiger partial charge in [-0.3, -0.25) is 4.21 Å². The number of hydrogen-bond donors (Lipinski definition) is 1. The molecule has 2 rings (SSSR count). The molecule has 0 aliphatic rings. The highest BCUT2D eigenvalue weighted by molar-refractivity contribution is 7.84. The van der Waals surface area contributed by atoms with E-state index in [0.717, 1.165) is 23.8 Å². The number of aryl methyl sites for hydroxylation is 1. The first-order valence-corrected chi connectivity index (χ1v) is 6.97. The Morgan fingerprint density at radius 1 is 1.16 bits per heavy atom. The van der Waals surface area contributed by atoms with Gasteiger partial charge in [-0.05, 0) is 48.9 Å². The van der Waals surface area contributed by atoms with E-state index in [1.165, 1.54) is 0 Å². The second-order valence-electron chi connectivity index (χ2n) is 4.25. The summed E-state index contributed by atoms with van der Waals surface area (Å²) in [5.74, 6) is -1.15. The summed E-state index contributed by atoms with van der Waals surface area (Å²) >= 11 is 0. The van der Waals surface area contributed by atoms with Gasteiger partial charge in [0.25, 0.3) is 0 Å². The summed E-state index contributed by atoms with van der Waals surface area (Å²) in [6.45, 7) is 1.78. The van der Waals surface area contributed by atoms with Gasteiger partial charge in [0.1, 0.15) is 11.6 Å². The molecular weight excluding hydrogens is 268 g/mol. The van der Waals surface area contributed by atoms with E-state index in [1.807, 2.05) is 0 Å². The molecule has 1 atom stereocenters. The van der Waals surface area contributed by atoms with Crippen LogP contribution in [0.15, 0.2) is 41.3 Å². The first-order valence-electron chi connectivity index (χ1n) is 5.66. The maximum atomic E-state index is 13.5. The van der Waals surface area contributed by atoms with Gasteiger partial charge in [-0.1, -0.05) is 0 Å². The van der Waals surface area contributed by atoms with Crippen molar-refractivity contribution in [1.29, 1.82) is 0 Å². The second-order valence-corrected chi connectivity index (χ2v) is 5.67. The number of anilines is 1. The minimum absolute atomic E-state index is 0.0612. The number of nitrogen functional groups attached to an aromatic ring is 1. The third-order valence-corrected chi connectivity index (χ3v) is 4.26. The van der Waals surface area contributed by atoms with E-state index in [1.54, 1.807) is 25.1 Å². The van der Waals surface area contributed by atoms with Crippen molar-refractivity contribution in [2.24, 2.45) is 0 Å². The molecule has 0 spiro atoms. The molecule has 2 N–H and O–H groups in total. The van der Waals surface area contributed by atoms with E-state index >= 15 is 0 Å². The maximum Gasteiger partial charge on any atom is 0.127 e. The van der Waals surface area contributed by atoms with E-state index in [4.69, 9.17) is 5.73 Å². The van der Waals surface area contributed by atoms with Gasteiger partial charge in [0.2, 0.25) is 0 Å². The summed E-state index contributed by atoms with van der Waals surface area (Å²) in [7, 11) is -1.44. The lowest BCUT2D eigenvalue weighted by Gasteiger charge is -2.08. The fraction of sp³-hybridized carbons (Fsp3) is 0.143. The Morgan fingerprint density at radius 3 is 2.58 bits per heavy atom. The van der Waals surface area contributed by atoms with Gasteiger partial charge in [0.05, 0.1) is 16.6 Å². The van der Waals surface area contributed by atoms with Gasteiger partial charge in [0.15, 0.2) is 0 Å². The van der Waals surface area contributed by atoms with Gasteiger partial charge < -0.3 is 5.73 Å². The van der Waals surface area contributed by atoms with E-state index in [0.29, 0.717) is 10.6 Å². The standard InChI is InChI=1S/C14H13F2NOS/c1-9-6-12(17)3-5-14(9)19(18)8-10-7-11(15)2-4-13(10)16/h2-7H,8,17H2,1H3. The van der Waals surface area contributed by atoms with Crippen molar-refractivity contribution in [2.45, 2.75) is 17.6 Å². The number of halogens is 2. The van der Waals surface area contributed by atoms with Crippen LogP contribution >= 0.6 is 0 Å². The molecule has 19 heavy (non-hydrogen) atoms. The second kappa shape index (κ2) is 5.48. The lowest BCUT2D eigenvalue weighted by molar-refractivity contribution is 0.590. The average Bonchev–Trinajstić information content (AvgIpc) is 2.33. The minimum Gasteiger partial charge on any atom is -0.399 e. The van der Waals surface area contributed by atoms with E-state index in [9.17, 15) is 13.0 Å². The molecule has 0 heterocycles. The smallest absolute Gasteiger partial charge is 0.127 e. The molecule has 0 fully saturated rings. The molecule has 0 aromatic heterocycles. The van der Waals surface area contributed by atoms with E-state index in [-0.39, 0.29) is 11.3 Å². The van der Waals surface area contributed by atoms with Gasteiger partial charge in [-0.2, -0.15) is 0 Å². The van der Waals surface area contributed by atoms with Crippen molar-refractivity contribution < 1.29 is 13.0 Å². The lowest BCUT2D eigenvalue weighted by atomic mass is 10.2. The maximum absolute atomic E-state index is 13.5. The first kappa shape index (κ1) is 13.7. The molecule has 0 aliphatic carbocycles. The van der Waals surface area contributed by atoms with Crippen LogP contribution in [0.1, 0.15) is 11.1 Å². The largest absolute Gasteiger partial charge is 0.399 e. The lowest BCUT2D eigenvalue weighted by Crippen LogP contribution is -2.02. The predicted molar refractivity (Wildman–Crippen MR) is 72.1 cm³/mol. The summed E-state index contributed by atoms with van der Waals surface area (Å²) in [6.07, 6.45) is 0. The Morgan fingerprint density at radius 2 is 1.89 bits per heavy atom. The topological polar surface area (TPSA) is 43.1 Å². The Labute approximate surface area is 112 Å². The third kappa shape index (κ3) is 3.17.